The number of hydrogen-bond donors (Lipinski definition) is 0. The van der Waals surface area contributed by atoms with Crippen LogP contribution in [0.15, 0.2) is 30.3 Å². The van der Waals surface area contributed by atoms with Gasteiger partial charge in [-0.05, 0) is 12.1 Å². The molecule has 0 saturated carbocycles. The van der Waals surface area contributed by atoms with Gasteiger partial charge in [0.15, 0.2) is 12.0 Å². The summed E-state index contributed by atoms with van der Waals surface area (Å²) in [7, 11) is 0. The smallest absolute Gasteiger partial charge is 0.272 e. The lowest BCUT2D eigenvalue weighted by atomic mass is 10.2. The van der Waals surface area contributed by atoms with E-state index in [1.807, 2.05) is 0 Å². The number of ether oxygens (including phenoxy) is 1. The number of nitro benzene ring substituents is 1. The highest BCUT2D eigenvalue weighted by Crippen LogP contribution is 2.39. The Kier molecular flexibility index (Phi) is 4.67. The van der Waals surface area contributed by atoms with Crippen LogP contribution in [0.2, 0.25) is 15.1 Å². The van der Waals surface area contributed by atoms with Crippen molar-refractivity contribution in [1.82, 2.24) is 0 Å². The standard InChI is InChI=1S/C13H6Cl3NO4/c14-10-5-9(2-1-7(10)6-18)21-13-11(15)3-8(17(19)20)4-12(13)16/h1-6H. The molecule has 8 heteroatoms. The molecule has 0 radical (unpaired) electrons. The van der Waals surface area contributed by atoms with Crippen molar-refractivity contribution in [1.29, 1.82) is 0 Å². The van der Waals surface area contributed by atoms with Gasteiger partial charge in [-0.1, -0.05) is 34.8 Å². The summed E-state index contributed by atoms with van der Waals surface area (Å²) in [5.41, 5.74) is 0.0663. The summed E-state index contributed by atoms with van der Waals surface area (Å²) in [5.74, 6) is 0.363. The molecule has 0 unspecified atom stereocenters. The molecule has 0 aromatic heterocycles. The third kappa shape index (κ3) is 3.44. The van der Waals surface area contributed by atoms with E-state index in [9.17, 15) is 14.9 Å². The number of nitrogens with zero attached hydrogens (tertiary/aromatic N) is 1. The largest absolute Gasteiger partial charge is 0.454 e. The van der Waals surface area contributed by atoms with Gasteiger partial charge in [-0.3, -0.25) is 14.9 Å². The van der Waals surface area contributed by atoms with Crippen LogP contribution in [0.4, 0.5) is 5.69 Å². The molecule has 108 valence electrons. The molecule has 2 aromatic rings. The minimum absolute atomic E-state index is 0.00946. The van der Waals surface area contributed by atoms with Crippen LogP contribution in [-0.2, 0) is 0 Å². The Balaban J connectivity index is 2.38. The van der Waals surface area contributed by atoms with Crippen LogP contribution < -0.4 is 4.74 Å². The van der Waals surface area contributed by atoms with Crippen molar-refractivity contribution >= 4 is 46.8 Å². The molecule has 0 bridgehead atoms. The van der Waals surface area contributed by atoms with Crippen LogP contribution in [0.3, 0.4) is 0 Å². The lowest BCUT2D eigenvalue weighted by Gasteiger charge is -2.10. The summed E-state index contributed by atoms with van der Waals surface area (Å²) in [5, 5.41) is 10.9. The Morgan fingerprint density at radius 3 is 2.14 bits per heavy atom. The summed E-state index contributed by atoms with van der Waals surface area (Å²) >= 11 is 17.7. The molecule has 0 N–H and O–H groups in total. The number of carbonyl (C=O) groups is 1. The number of halogens is 3. The summed E-state index contributed by atoms with van der Waals surface area (Å²) in [6.45, 7) is 0. The summed E-state index contributed by atoms with van der Waals surface area (Å²) < 4.78 is 5.47. The third-order valence-corrected chi connectivity index (χ3v) is 3.40. The molecule has 0 saturated heterocycles. The zero-order valence-electron chi connectivity index (χ0n) is 10.2. The molecular weight excluding hydrogens is 341 g/mol. The van der Waals surface area contributed by atoms with Gasteiger partial charge in [0.2, 0.25) is 0 Å². The summed E-state index contributed by atoms with van der Waals surface area (Å²) in [4.78, 5) is 20.7. The molecule has 0 spiro atoms. The first-order valence-electron chi connectivity index (χ1n) is 5.48. The van der Waals surface area contributed by atoms with E-state index in [0.29, 0.717) is 17.6 Å². The first-order valence-corrected chi connectivity index (χ1v) is 6.61. The van der Waals surface area contributed by atoms with Gasteiger partial charge in [0.05, 0.1) is 20.0 Å². The van der Waals surface area contributed by atoms with E-state index in [1.165, 1.54) is 18.2 Å². The van der Waals surface area contributed by atoms with E-state index in [1.54, 1.807) is 0 Å². The number of rotatable bonds is 4. The van der Waals surface area contributed by atoms with Gasteiger partial charge in [0.25, 0.3) is 5.69 Å². The van der Waals surface area contributed by atoms with Crippen molar-refractivity contribution in [2.24, 2.45) is 0 Å². The van der Waals surface area contributed by atoms with E-state index in [2.05, 4.69) is 0 Å². The van der Waals surface area contributed by atoms with Gasteiger partial charge in [0, 0.05) is 23.8 Å². The Morgan fingerprint density at radius 2 is 1.67 bits per heavy atom. The average molecular weight is 347 g/mol. The minimum atomic E-state index is -0.614. The van der Waals surface area contributed by atoms with Gasteiger partial charge in [0.1, 0.15) is 5.75 Å². The zero-order valence-corrected chi connectivity index (χ0v) is 12.4. The second-order valence-electron chi connectivity index (χ2n) is 3.90. The lowest BCUT2D eigenvalue weighted by molar-refractivity contribution is -0.384. The van der Waals surface area contributed by atoms with Gasteiger partial charge in [-0.2, -0.15) is 0 Å². The number of aldehydes is 1. The van der Waals surface area contributed by atoms with E-state index in [0.717, 1.165) is 12.1 Å². The van der Waals surface area contributed by atoms with E-state index in [4.69, 9.17) is 39.5 Å². The van der Waals surface area contributed by atoms with Crippen LogP contribution in [0.25, 0.3) is 0 Å². The quantitative estimate of drug-likeness (QED) is 0.435. The fourth-order valence-electron chi connectivity index (χ4n) is 1.53. The van der Waals surface area contributed by atoms with E-state index < -0.39 is 4.92 Å². The van der Waals surface area contributed by atoms with E-state index >= 15 is 0 Å². The second-order valence-corrected chi connectivity index (χ2v) is 5.12. The maximum atomic E-state index is 10.7. The number of non-ortho nitro benzene ring substituents is 1. The van der Waals surface area contributed by atoms with Crippen LogP contribution >= 0.6 is 34.8 Å². The molecule has 0 heterocycles. The molecule has 0 amide bonds. The fraction of sp³-hybridized carbons (Fsp3) is 0. The molecule has 0 aliphatic rings. The summed E-state index contributed by atoms with van der Waals surface area (Å²) in [6.07, 6.45) is 0.609. The SMILES string of the molecule is O=Cc1ccc(Oc2c(Cl)cc([N+](=O)[O-])cc2Cl)cc1Cl. The first-order chi connectivity index (χ1) is 9.92. The first kappa shape index (κ1) is 15.6. The van der Waals surface area contributed by atoms with Gasteiger partial charge >= 0.3 is 0 Å². The average Bonchev–Trinajstić information content (AvgIpc) is 2.42. The Labute approximate surface area is 134 Å². The zero-order chi connectivity index (χ0) is 15.6. The Bertz CT molecular complexity index is 710. The second kappa shape index (κ2) is 6.30. The molecule has 5 nitrogen and oxygen atoms in total. The number of hydrogen-bond acceptors (Lipinski definition) is 4. The van der Waals surface area contributed by atoms with Gasteiger partial charge < -0.3 is 4.74 Å². The molecule has 2 aromatic carbocycles. The Hall–Kier alpha value is -1.82. The molecule has 0 fully saturated rings. The number of benzene rings is 2. The van der Waals surface area contributed by atoms with Crippen LogP contribution in [0.1, 0.15) is 10.4 Å². The van der Waals surface area contributed by atoms with Gasteiger partial charge in [-0.25, -0.2) is 0 Å². The highest BCUT2D eigenvalue weighted by atomic mass is 35.5. The maximum absolute atomic E-state index is 10.7. The highest BCUT2D eigenvalue weighted by molar-refractivity contribution is 6.37. The minimum Gasteiger partial charge on any atom is -0.454 e. The van der Waals surface area contributed by atoms with Crippen LogP contribution in [0.5, 0.6) is 11.5 Å². The molecule has 0 aliphatic heterocycles. The third-order valence-electron chi connectivity index (χ3n) is 2.51. The molecular formula is C13H6Cl3NO4. The molecule has 2 rings (SSSR count). The van der Waals surface area contributed by atoms with Crippen LogP contribution in [-0.4, -0.2) is 11.2 Å². The lowest BCUT2D eigenvalue weighted by Crippen LogP contribution is -1.92. The number of carbonyl (C=O) groups excluding carboxylic acids is 1. The fourth-order valence-corrected chi connectivity index (χ4v) is 2.30. The molecule has 0 atom stereocenters. The predicted molar refractivity (Wildman–Crippen MR) is 80.0 cm³/mol. The van der Waals surface area contributed by atoms with Crippen LogP contribution in [0, 0.1) is 10.1 Å². The van der Waals surface area contributed by atoms with Crippen molar-refractivity contribution in [2.75, 3.05) is 0 Å². The normalized spacial score (nSPS) is 10.2. The Morgan fingerprint density at radius 1 is 1.05 bits per heavy atom. The van der Waals surface area contributed by atoms with Crippen molar-refractivity contribution in [3.63, 3.8) is 0 Å². The highest BCUT2D eigenvalue weighted by Gasteiger charge is 2.16. The van der Waals surface area contributed by atoms with Gasteiger partial charge in [-0.15, -0.1) is 0 Å². The van der Waals surface area contributed by atoms with Crippen molar-refractivity contribution < 1.29 is 14.5 Å². The topological polar surface area (TPSA) is 69.4 Å². The van der Waals surface area contributed by atoms with Crippen molar-refractivity contribution in [3.8, 4) is 11.5 Å². The monoisotopic (exact) mass is 345 g/mol. The maximum Gasteiger partial charge on any atom is 0.272 e. The molecule has 21 heavy (non-hydrogen) atoms. The van der Waals surface area contributed by atoms with E-state index in [-0.39, 0.29) is 26.5 Å². The number of nitro groups is 1. The van der Waals surface area contributed by atoms with Crippen molar-refractivity contribution in [3.05, 3.63) is 61.1 Å². The van der Waals surface area contributed by atoms with Crippen molar-refractivity contribution in [2.45, 2.75) is 0 Å². The predicted octanol–water partition coefficient (Wildman–Crippen LogP) is 5.16. The summed E-state index contributed by atoms with van der Waals surface area (Å²) in [6, 6.07) is 6.65. The molecule has 0 aliphatic carbocycles.